The molecule has 0 amide bonds. The average Bonchev–Trinajstić information content (AvgIpc) is 2.34. The van der Waals surface area contributed by atoms with Crippen LogP contribution in [0.3, 0.4) is 0 Å². The smallest absolute Gasteiger partial charge is 0.195 e. The molecule has 0 atom stereocenters. The molecule has 1 aliphatic rings. The van der Waals surface area contributed by atoms with Gasteiger partial charge in [-0.15, -0.1) is 0 Å². The van der Waals surface area contributed by atoms with Gasteiger partial charge in [0, 0.05) is 12.0 Å². The zero-order chi connectivity index (χ0) is 12.3. The van der Waals surface area contributed by atoms with E-state index < -0.39 is 5.79 Å². The third kappa shape index (κ3) is 2.51. The van der Waals surface area contributed by atoms with Gasteiger partial charge in [-0.3, -0.25) is 0 Å². The van der Waals surface area contributed by atoms with E-state index in [1.165, 1.54) is 11.1 Å². The van der Waals surface area contributed by atoms with Crippen molar-refractivity contribution in [2.24, 2.45) is 5.73 Å². The van der Waals surface area contributed by atoms with Crippen LogP contribution in [0, 0.1) is 13.8 Å². The fourth-order valence-corrected chi connectivity index (χ4v) is 2.20. The number of hydrogen-bond acceptors (Lipinski definition) is 3. The van der Waals surface area contributed by atoms with Crippen molar-refractivity contribution in [3.05, 3.63) is 34.9 Å². The van der Waals surface area contributed by atoms with Gasteiger partial charge in [0.1, 0.15) is 0 Å². The first-order valence-corrected chi connectivity index (χ1v) is 6.24. The van der Waals surface area contributed by atoms with Crippen molar-refractivity contribution >= 4 is 0 Å². The predicted octanol–water partition coefficient (Wildman–Crippen LogP) is 2.24. The predicted molar refractivity (Wildman–Crippen MR) is 67.8 cm³/mol. The fourth-order valence-electron chi connectivity index (χ4n) is 2.20. The van der Waals surface area contributed by atoms with Crippen LogP contribution < -0.4 is 5.73 Å². The molecule has 0 radical (unpaired) electrons. The van der Waals surface area contributed by atoms with Gasteiger partial charge >= 0.3 is 0 Å². The molecular weight excluding hydrogens is 214 g/mol. The van der Waals surface area contributed by atoms with Crippen molar-refractivity contribution in [2.75, 3.05) is 19.8 Å². The molecule has 0 aromatic heterocycles. The van der Waals surface area contributed by atoms with Crippen molar-refractivity contribution in [1.82, 2.24) is 0 Å². The zero-order valence-corrected chi connectivity index (χ0v) is 10.7. The van der Waals surface area contributed by atoms with Crippen LogP contribution >= 0.6 is 0 Å². The first kappa shape index (κ1) is 12.6. The zero-order valence-electron chi connectivity index (χ0n) is 10.7. The maximum Gasteiger partial charge on any atom is 0.195 e. The van der Waals surface area contributed by atoms with Crippen molar-refractivity contribution in [3.8, 4) is 0 Å². The second-order valence-electron chi connectivity index (χ2n) is 4.64. The number of nitrogens with two attached hydrogens (primary N) is 1. The van der Waals surface area contributed by atoms with Gasteiger partial charge in [-0.05, 0) is 37.9 Å². The summed E-state index contributed by atoms with van der Waals surface area (Å²) in [6, 6.07) is 6.35. The Morgan fingerprint density at radius 3 is 2.47 bits per heavy atom. The maximum atomic E-state index is 5.88. The lowest BCUT2D eigenvalue weighted by Gasteiger charge is -2.37. The summed E-state index contributed by atoms with van der Waals surface area (Å²) in [7, 11) is 0. The van der Waals surface area contributed by atoms with Crippen molar-refractivity contribution in [1.29, 1.82) is 0 Å². The molecule has 1 heterocycles. The molecule has 1 aliphatic heterocycles. The van der Waals surface area contributed by atoms with Crippen LogP contribution in [0.1, 0.15) is 29.5 Å². The molecule has 0 saturated carbocycles. The molecule has 3 nitrogen and oxygen atoms in total. The number of aryl methyl sites for hydroxylation is 2. The summed E-state index contributed by atoms with van der Waals surface area (Å²) >= 11 is 0. The number of benzene rings is 1. The van der Waals surface area contributed by atoms with Gasteiger partial charge in [0.15, 0.2) is 5.79 Å². The van der Waals surface area contributed by atoms with Gasteiger partial charge in [0.05, 0.1) is 13.2 Å². The van der Waals surface area contributed by atoms with Crippen LogP contribution in [-0.2, 0) is 15.3 Å². The quantitative estimate of drug-likeness (QED) is 0.874. The largest absolute Gasteiger partial charge is 0.346 e. The number of hydrogen-bond donors (Lipinski definition) is 1. The third-order valence-electron chi connectivity index (χ3n) is 3.38. The summed E-state index contributed by atoms with van der Waals surface area (Å²) in [6.45, 7) is 6.27. The average molecular weight is 235 g/mol. The van der Waals surface area contributed by atoms with E-state index in [1.54, 1.807) is 0 Å². The minimum atomic E-state index is -0.620. The molecule has 17 heavy (non-hydrogen) atoms. The normalized spacial score (nSPS) is 19.2. The monoisotopic (exact) mass is 235 g/mol. The standard InChI is InChI=1S/C14H21NO2/c1-11-4-5-13(10-12(11)2)14(6-7-15)16-8-3-9-17-14/h4-5,10H,3,6-9,15H2,1-2H3. The summed E-state index contributed by atoms with van der Waals surface area (Å²) in [5.74, 6) is -0.620. The molecule has 0 aliphatic carbocycles. The van der Waals surface area contributed by atoms with Gasteiger partial charge < -0.3 is 15.2 Å². The van der Waals surface area contributed by atoms with Crippen LogP contribution in [0.5, 0.6) is 0 Å². The molecule has 1 fully saturated rings. The lowest BCUT2D eigenvalue weighted by molar-refractivity contribution is -0.278. The van der Waals surface area contributed by atoms with E-state index in [4.69, 9.17) is 15.2 Å². The highest BCUT2D eigenvalue weighted by molar-refractivity contribution is 5.32. The first-order valence-electron chi connectivity index (χ1n) is 6.24. The molecule has 0 spiro atoms. The van der Waals surface area contributed by atoms with Gasteiger partial charge in [0.2, 0.25) is 0 Å². The molecule has 1 aromatic rings. The Bertz CT molecular complexity index is 378. The molecule has 1 saturated heterocycles. The van der Waals surface area contributed by atoms with E-state index >= 15 is 0 Å². The highest BCUT2D eigenvalue weighted by Gasteiger charge is 2.36. The van der Waals surface area contributed by atoms with E-state index in [1.807, 2.05) is 0 Å². The molecule has 0 unspecified atom stereocenters. The SMILES string of the molecule is Cc1ccc(C2(CCN)OCCCO2)cc1C. The summed E-state index contributed by atoms with van der Waals surface area (Å²) in [6.07, 6.45) is 1.66. The molecule has 94 valence electrons. The Morgan fingerprint density at radius 2 is 1.88 bits per heavy atom. The molecule has 0 bridgehead atoms. The van der Waals surface area contributed by atoms with Crippen LogP contribution in [0.15, 0.2) is 18.2 Å². The van der Waals surface area contributed by atoms with Gasteiger partial charge in [0.25, 0.3) is 0 Å². The van der Waals surface area contributed by atoms with Crippen molar-refractivity contribution in [3.63, 3.8) is 0 Å². The molecular formula is C14H21NO2. The van der Waals surface area contributed by atoms with E-state index in [9.17, 15) is 0 Å². The van der Waals surface area contributed by atoms with Crippen LogP contribution in [0.4, 0.5) is 0 Å². The Labute approximate surface area is 103 Å². The molecule has 3 heteroatoms. The van der Waals surface area contributed by atoms with E-state index in [-0.39, 0.29) is 0 Å². The highest BCUT2D eigenvalue weighted by Crippen LogP contribution is 2.34. The van der Waals surface area contributed by atoms with Crippen LogP contribution in [0.25, 0.3) is 0 Å². The molecule has 1 aromatic carbocycles. The van der Waals surface area contributed by atoms with Crippen LogP contribution in [-0.4, -0.2) is 19.8 Å². The second-order valence-corrected chi connectivity index (χ2v) is 4.64. The Balaban J connectivity index is 2.34. The van der Waals surface area contributed by atoms with E-state index in [0.717, 1.165) is 25.2 Å². The second kappa shape index (κ2) is 5.17. The van der Waals surface area contributed by atoms with E-state index in [2.05, 4.69) is 32.0 Å². The van der Waals surface area contributed by atoms with Gasteiger partial charge in [-0.1, -0.05) is 18.2 Å². The summed E-state index contributed by atoms with van der Waals surface area (Å²) < 4.78 is 11.8. The lowest BCUT2D eigenvalue weighted by Crippen LogP contribution is -2.39. The summed E-state index contributed by atoms with van der Waals surface area (Å²) in [5, 5.41) is 0. The Hall–Kier alpha value is -0.900. The summed E-state index contributed by atoms with van der Waals surface area (Å²) in [5.41, 5.74) is 9.32. The van der Waals surface area contributed by atoms with Crippen molar-refractivity contribution in [2.45, 2.75) is 32.5 Å². The summed E-state index contributed by atoms with van der Waals surface area (Å²) in [4.78, 5) is 0. The Kier molecular flexibility index (Phi) is 3.82. The minimum Gasteiger partial charge on any atom is -0.346 e. The number of rotatable bonds is 3. The topological polar surface area (TPSA) is 44.5 Å². The third-order valence-corrected chi connectivity index (χ3v) is 3.38. The van der Waals surface area contributed by atoms with Gasteiger partial charge in [-0.2, -0.15) is 0 Å². The van der Waals surface area contributed by atoms with E-state index in [0.29, 0.717) is 13.0 Å². The molecule has 2 rings (SSSR count). The van der Waals surface area contributed by atoms with Gasteiger partial charge in [-0.25, -0.2) is 0 Å². The van der Waals surface area contributed by atoms with Crippen molar-refractivity contribution < 1.29 is 9.47 Å². The maximum absolute atomic E-state index is 5.88. The van der Waals surface area contributed by atoms with Crippen LogP contribution in [0.2, 0.25) is 0 Å². The number of ether oxygens (including phenoxy) is 2. The molecule has 2 N–H and O–H groups in total. The highest BCUT2D eigenvalue weighted by atomic mass is 16.7. The first-order chi connectivity index (χ1) is 8.18. The lowest BCUT2D eigenvalue weighted by atomic mass is 9.97. The fraction of sp³-hybridized carbons (Fsp3) is 0.571. The Morgan fingerprint density at radius 1 is 1.18 bits per heavy atom. The minimum absolute atomic E-state index is 0.562.